The second kappa shape index (κ2) is 6.39. The van der Waals surface area contributed by atoms with Crippen LogP contribution in [-0.4, -0.2) is 23.2 Å². The quantitative estimate of drug-likeness (QED) is 0.751. The summed E-state index contributed by atoms with van der Waals surface area (Å²) < 4.78 is 0. The summed E-state index contributed by atoms with van der Waals surface area (Å²) in [6, 6.07) is 0. The Kier molecular flexibility index (Phi) is 5.44. The van der Waals surface area contributed by atoms with E-state index in [9.17, 15) is 9.90 Å². The fourth-order valence-electron chi connectivity index (χ4n) is 2.81. The van der Waals surface area contributed by atoms with Crippen molar-refractivity contribution in [3.05, 3.63) is 0 Å². The number of carbonyl (C=O) groups is 1. The fourth-order valence-corrected chi connectivity index (χ4v) is 2.81. The van der Waals surface area contributed by atoms with E-state index in [4.69, 9.17) is 0 Å². The van der Waals surface area contributed by atoms with Gasteiger partial charge < -0.3 is 10.4 Å². The molecule has 2 N–H and O–H groups in total. The molecule has 0 bridgehead atoms. The van der Waals surface area contributed by atoms with Gasteiger partial charge in [-0.15, -0.1) is 0 Å². The highest BCUT2D eigenvalue weighted by Gasteiger charge is 2.33. The minimum atomic E-state index is -0.758. The molecule has 0 aromatic rings. The lowest BCUT2D eigenvalue weighted by Crippen LogP contribution is -2.52. The van der Waals surface area contributed by atoms with E-state index in [1.807, 2.05) is 6.92 Å². The molecule has 1 rings (SSSR count). The highest BCUT2D eigenvalue weighted by molar-refractivity contribution is 5.78. The molecule has 0 aromatic heterocycles. The van der Waals surface area contributed by atoms with Gasteiger partial charge in [-0.1, -0.05) is 33.1 Å². The van der Waals surface area contributed by atoms with Crippen molar-refractivity contribution in [1.82, 2.24) is 5.32 Å². The topological polar surface area (TPSA) is 49.3 Å². The van der Waals surface area contributed by atoms with Gasteiger partial charge in [-0.25, -0.2) is 0 Å². The molecule has 1 aliphatic rings. The second-order valence-electron chi connectivity index (χ2n) is 6.12. The molecule has 3 nitrogen and oxygen atoms in total. The Balaban J connectivity index is 2.45. The van der Waals surface area contributed by atoms with Crippen LogP contribution in [0.1, 0.15) is 59.3 Å². The van der Waals surface area contributed by atoms with Crippen LogP contribution in [0.3, 0.4) is 0 Å². The maximum atomic E-state index is 11.4. The van der Waals surface area contributed by atoms with Crippen LogP contribution in [0.4, 0.5) is 0 Å². The van der Waals surface area contributed by atoms with Crippen molar-refractivity contribution >= 4 is 5.97 Å². The Morgan fingerprint density at radius 3 is 2.41 bits per heavy atom. The molecule has 0 spiro atoms. The number of hydrogen-bond acceptors (Lipinski definition) is 2. The smallest absolute Gasteiger partial charge is 0.323 e. The average Bonchev–Trinajstić information content (AvgIpc) is 2.27. The van der Waals surface area contributed by atoms with Crippen LogP contribution in [-0.2, 0) is 4.79 Å². The summed E-state index contributed by atoms with van der Waals surface area (Å²) in [7, 11) is 0. The van der Waals surface area contributed by atoms with Gasteiger partial charge in [0.25, 0.3) is 0 Å². The highest BCUT2D eigenvalue weighted by Crippen LogP contribution is 2.24. The molecular formula is C14H27NO2. The van der Waals surface area contributed by atoms with Crippen molar-refractivity contribution in [2.24, 2.45) is 11.8 Å². The third-order valence-corrected chi connectivity index (χ3v) is 3.79. The summed E-state index contributed by atoms with van der Waals surface area (Å²) in [5, 5.41) is 12.6. The molecular weight excluding hydrogens is 214 g/mol. The molecule has 1 aliphatic carbocycles. The molecule has 100 valence electrons. The number of rotatable bonds is 6. The molecule has 0 saturated heterocycles. The predicted octanol–water partition coefficient (Wildman–Crippen LogP) is 3.05. The summed E-state index contributed by atoms with van der Waals surface area (Å²) >= 11 is 0. The van der Waals surface area contributed by atoms with E-state index in [0.29, 0.717) is 18.3 Å². The Morgan fingerprint density at radius 2 is 1.94 bits per heavy atom. The van der Waals surface area contributed by atoms with E-state index in [1.165, 1.54) is 32.1 Å². The van der Waals surface area contributed by atoms with Crippen LogP contribution in [0.25, 0.3) is 0 Å². The van der Waals surface area contributed by atoms with Crippen molar-refractivity contribution in [2.75, 3.05) is 6.54 Å². The first-order chi connectivity index (χ1) is 7.94. The van der Waals surface area contributed by atoms with E-state index in [1.54, 1.807) is 0 Å². The van der Waals surface area contributed by atoms with Crippen LogP contribution < -0.4 is 5.32 Å². The minimum absolute atomic E-state index is 0.398. The monoisotopic (exact) mass is 241 g/mol. The summed E-state index contributed by atoms with van der Waals surface area (Å²) in [6.07, 6.45) is 7.16. The molecule has 1 unspecified atom stereocenters. The SMILES string of the molecule is CC(C)CC(C)(NCC1CCCCC1)C(=O)O. The Labute approximate surface area is 105 Å². The van der Waals surface area contributed by atoms with E-state index >= 15 is 0 Å². The lowest BCUT2D eigenvalue weighted by Gasteiger charge is -2.31. The summed E-state index contributed by atoms with van der Waals surface area (Å²) in [5.41, 5.74) is -0.758. The van der Waals surface area contributed by atoms with E-state index in [2.05, 4.69) is 19.2 Å². The zero-order chi connectivity index (χ0) is 12.9. The lowest BCUT2D eigenvalue weighted by atomic mass is 9.86. The molecule has 0 radical (unpaired) electrons. The summed E-state index contributed by atoms with van der Waals surface area (Å²) in [6.45, 7) is 6.82. The van der Waals surface area contributed by atoms with Crippen LogP contribution in [0, 0.1) is 11.8 Å². The molecule has 3 heteroatoms. The zero-order valence-electron chi connectivity index (χ0n) is 11.5. The van der Waals surface area contributed by atoms with Crippen LogP contribution in [0.5, 0.6) is 0 Å². The van der Waals surface area contributed by atoms with Crippen LogP contribution in [0.2, 0.25) is 0 Å². The normalized spacial score (nSPS) is 21.4. The van der Waals surface area contributed by atoms with Crippen molar-refractivity contribution in [2.45, 2.75) is 64.8 Å². The Hall–Kier alpha value is -0.570. The van der Waals surface area contributed by atoms with Crippen molar-refractivity contribution in [3.8, 4) is 0 Å². The van der Waals surface area contributed by atoms with E-state index < -0.39 is 11.5 Å². The fraction of sp³-hybridized carbons (Fsp3) is 0.929. The molecule has 1 atom stereocenters. The van der Waals surface area contributed by atoms with Gasteiger partial charge in [0.05, 0.1) is 0 Å². The van der Waals surface area contributed by atoms with Gasteiger partial charge >= 0.3 is 5.97 Å². The molecule has 0 amide bonds. The van der Waals surface area contributed by atoms with Crippen LogP contribution >= 0.6 is 0 Å². The van der Waals surface area contributed by atoms with E-state index in [-0.39, 0.29) is 0 Å². The second-order valence-corrected chi connectivity index (χ2v) is 6.12. The summed E-state index contributed by atoms with van der Waals surface area (Å²) in [4.78, 5) is 11.4. The average molecular weight is 241 g/mol. The van der Waals surface area contributed by atoms with Gasteiger partial charge in [-0.2, -0.15) is 0 Å². The van der Waals surface area contributed by atoms with Gasteiger partial charge in [0.15, 0.2) is 0 Å². The standard InChI is InChI=1S/C14H27NO2/c1-11(2)9-14(3,13(16)17)15-10-12-7-5-4-6-8-12/h11-12,15H,4-10H2,1-3H3,(H,16,17). The molecule has 0 aliphatic heterocycles. The Bertz CT molecular complexity index is 247. The molecule has 1 saturated carbocycles. The number of carboxylic acid groups (broad SMARTS) is 1. The number of nitrogens with one attached hydrogen (secondary N) is 1. The molecule has 1 fully saturated rings. The molecule has 0 aromatic carbocycles. The molecule has 0 heterocycles. The van der Waals surface area contributed by atoms with Gasteiger partial charge in [0.2, 0.25) is 0 Å². The van der Waals surface area contributed by atoms with Gasteiger partial charge in [0, 0.05) is 0 Å². The first-order valence-corrected chi connectivity index (χ1v) is 6.92. The summed E-state index contributed by atoms with van der Waals surface area (Å²) in [5.74, 6) is 0.353. The van der Waals surface area contributed by atoms with Gasteiger partial charge in [0.1, 0.15) is 5.54 Å². The third-order valence-electron chi connectivity index (χ3n) is 3.79. The molecule has 17 heavy (non-hydrogen) atoms. The van der Waals surface area contributed by atoms with Gasteiger partial charge in [-0.05, 0) is 44.6 Å². The zero-order valence-corrected chi connectivity index (χ0v) is 11.5. The van der Waals surface area contributed by atoms with Crippen molar-refractivity contribution in [1.29, 1.82) is 0 Å². The number of hydrogen-bond donors (Lipinski definition) is 2. The van der Waals surface area contributed by atoms with Crippen LogP contribution in [0.15, 0.2) is 0 Å². The lowest BCUT2D eigenvalue weighted by molar-refractivity contribution is -0.145. The van der Waals surface area contributed by atoms with Gasteiger partial charge in [-0.3, -0.25) is 4.79 Å². The maximum Gasteiger partial charge on any atom is 0.323 e. The van der Waals surface area contributed by atoms with E-state index in [0.717, 1.165) is 6.54 Å². The number of aliphatic carboxylic acids is 1. The first kappa shape index (κ1) is 14.5. The van der Waals surface area contributed by atoms with Crippen molar-refractivity contribution in [3.63, 3.8) is 0 Å². The third kappa shape index (κ3) is 4.66. The minimum Gasteiger partial charge on any atom is -0.480 e. The first-order valence-electron chi connectivity index (χ1n) is 6.92. The predicted molar refractivity (Wildman–Crippen MR) is 70.1 cm³/mol. The maximum absolute atomic E-state index is 11.4. The number of carboxylic acids is 1. The van der Waals surface area contributed by atoms with Crippen molar-refractivity contribution < 1.29 is 9.90 Å². The highest BCUT2D eigenvalue weighted by atomic mass is 16.4. The Morgan fingerprint density at radius 1 is 1.35 bits per heavy atom. The largest absolute Gasteiger partial charge is 0.480 e.